The Morgan fingerprint density at radius 2 is 2.30 bits per heavy atom. The van der Waals surface area contributed by atoms with Crippen LogP contribution in [0.3, 0.4) is 0 Å². The van der Waals surface area contributed by atoms with Gasteiger partial charge >= 0.3 is 5.97 Å². The van der Waals surface area contributed by atoms with E-state index in [-0.39, 0.29) is 12.6 Å². The molecule has 20 heavy (non-hydrogen) atoms. The summed E-state index contributed by atoms with van der Waals surface area (Å²) in [6.07, 6.45) is 1.52. The highest BCUT2D eigenvalue weighted by molar-refractivity contribution is 7.98. The van der Waals surface area contributed by atoms with Gasteiger partial charge in [0, 0.05) is 6.04 Å². The summed E-state index contributed by atoms with van der Waals surface area (Å²) in [6.45, 7) is 4.05. The zero-order valence-electron chi connectivity index (χ0n) is 11.4. The average molecular weight is 297 g/mol. The molecule has 0 amide bonds. The van der Waals surface area contributed by atoms with Crippen molar-refractivity contribution in [2.24, 2.45) is 0 Å². The van der Waals surface area contributed by atoms with Gasteiger partial charge in [0.15, 0.2) is 0 Å². The van der Waals surface area contributed by atoms with Crippen molar-refractivity contribution in [3.63, 3.8) is 0 Å². The molecule has 2 rings (SSSR count). The number of thioether (sulfide) groups is 1. The standard InChI is InChI=1S/C10H15N7O2S/c1-7(2)17-8(11-6-12-17)5-20-10-13-14-15-16(10)4-9(18)19-3/h6-7H,4-5H2,1-3H3. The van der Waals surface area contributed by atoms with Crippen LogP contribution in [-0.2, 0) is 21.8 Å². The highest BCUT2D eigenvalue weighted by atomic mass is 32.2. The van der Waals surface area contributed by atoms with Gasteiger partial charge in [-0.15, -0.1) is 5.10 Å². The minimum atomic E-state index is -0.399. The largest absolute Gasteiger partial charge is 0.468 e. The van der Waals surface area contributed by atoms with Crippen LogP contribution in [0.5, 0.6) is 0 Å². The third kappa shape index (κ3) is 3.32. The van der Waals surface area contributed by atoms with E-state index in [2.05, 4.69) is 30.3 Å². The summed E-state index contributed by atoms with van der Waals surface area (Å²) in [4.78, 5) is 15.4. The van der Waals surface area contributed by atoms with E-state index in [9.17, 15) is 4.79 Å². The van der Waals surface area contributed by atoms with Crippen molar-refractivity contribution >= 4 is 17.7 Å². The molecule has 0 saturated heterocycles. The number of hydrogen-bond donors (Lipinski definition) is 0. The highest BCUT2D eigenvalue weighted by Gasteiger charge is 2.14. The number of aromatic nitrogens is 7. The molecule has 0 aliphatic heterocycles. The van der Waals surface area contributed by atoms with Gasteiger partial charge in [0.2, 0.25) is 5.16 Å². The van der Waals surface area contributed by atoms with Crippen LogP contribution in [0.2, 0.25) is 0 Å². The molecule has 108 valence electrons. The zero-order chi connectivity index (χ0) is 14.5. The fraction of sp³-hybridized carbons (Fsp3) is 0.600. The van der Waals surface area contributed by atoms with Crippen LogP contribution in [-0.4, -0.2) is 48.1 Å². The Labute approximate surface area is 119 Å². The summed E-state index contributed by atoms with van der Waals surface area (Å²) in [7, 11) is 1.32. The van der Waals surface area contributed by atoms with Gasteiger partial charge in [-0.05, 0) is 24.3 Å². The van der Waals surface area contributed by atoms with Crippen molar-refractivity contribution in [1.82, 2.24) is 35.0 Å². The van der Waals surface area contributed by atoms with Crippen LogP contribution in [0.4, 0.5) is 0 Å². The summed E-state index contributed by atoms with van der Waals surface area (Å²) in [5, 5.41) is 15.9. The molecule has 0 aliphatic carbocycles. The number of carbonyl (C=O) groups excluding carboxylic acids is 1. The first-order valence-electron chi connectivity index (χ1n) is 5.96. The van der Waals surface area contributed by atoms with E-state index in [1.54, 1.807) is 0 Å². The maximum absolute atomic E-state index is 11.2. The fourth-order valence-electron chi connectivity index (χ4n) is 1.52. The summed E-state index contributed by atoms with van der Waals surface area (Å²) in [5.74, 6) is 1.00. The van der Waals surface area contributed by atoms with Crippen LogP contribution in [0, 0.1) is 0 Å². The molecule has 9 nitrogen and oxygen atoms in total. The Kier molecular flexibility index (Phi) is 4.66. The van der Waals surface area contributed by atoms with Crippen molar-refractivity contribution in [3.8, 4) is 0 Å². The van der Waals surface area contributed by atoms with Crippen LogP contribution in [0.25, 0.3) is 0 Å². The second kappa shape index (κ2) is 6.46. The Bertz CT molecular complexity index is 580. The summed E-state index contributed by atoms with van der Waals surface area (Å²) in [5.41, 5.74) is 0. The first-order valence-corrected chi connectivity index (χ1v) is 6.94. The Morgan fingerprint density at radius 3 is 3.00 bits per heavy atom. The first kappa shape index (κ1) is 14.4. The van der Waals surface area contributed by atoms with Crippen molar-refractivity contribution in [2.75, 3.05) is 7.11 Å². The lowest BCUT2D eigenvalue weighted by atomic mass is 10.4. The first-order chi connectivity index (χ1) is 9.61. The van der Waals surface area contributed by atoms with E-state index in [0.717, 1.165) is 5.82 Å². The molecule has 0 spiro atoms. The van der Waals surface area contributed by atoms with Crippen molar-refractivity contribution < 1.29 is 9.53 Å². The number of nitrogens with zero attached hydrogens (tertiary/aromatic N) is 7. The Balaban J connectivity index is 2.02. The molecule has 2 aromatic rings. The maximum atomic E-state index is 11.2. The van der Waals surface area contributed by atoms with Gasteiger partial charge in [-0.3, -0.25) is 4.79 Å². The lowest BCUT2D eigenvalue weighted by Gasteiger charge is -2.08. The molecule has 0 radical (unpaired) electrons. The van der Waals surface area contributed by atoms with Gasteiger partial charge < -0.3 is 4.74 Å². The van der Waals surface area contributed by atoms with Gasteiger partial charge in [-0.1, -0.05) is 11.8 Å². The van der Waals surface area contributed by atoms with E-state index in [1.165, 1.54) is 29.9 Å². The monoisotopic (exact) mass is 297 g/mol. The van der Waals surface area contributed by atoms with Crippen molar-refractivity contribution in [1.29, 1.82) is 0 Å². The molecule has 2 heterocycles. The Hall–Kier alpha value is -1.97. The molecule has 0 unspecified atom stereocenters. The lowest BCUT2D eigenvalue weighted by molar-refractivity contribution is -0.141. The molecule has 0 atom stereocenters. The molecular formula is C10H15N7O2S. The van der Waals surface area contributed by atoms with Crippen LogP contribution in [0.1, 0.15) is 25.7 Å². The number of carbonyl (C=O) groups is 1. The predicted molar refractivity (Wildman–Crippen MR) is 69.8 cm³/mol. The molecular weight excluding hydrogens is 282 g/mol. The predicted octanol–water partition coefficient (Wildman–Crippen LogP) is 0.311. The van der Waals surface area contributed by atoms with E-state index in [1.807, 2.05) is 18.5 Å². The van der Waals surface area contributed by atoms with Gasteiger partial charge in [0.1, 0.15) is 18.7 Å². The van der Waals surface area contributed by atoms with Gasteiger partial charge in [0.25, 0.3) is 0 Å². The number of ether oxygens (including phenoxy) is 1. The minimum absolute atomic E-state index is 0.0112. The molecule has 0 aromatic carbocycles. The summed E-state index contributed by atoms with van der Waals surface area (Å²) < 4.78 is 7.82. The summed E-state index contributed by atoms with van der Waals surface area (Å²) in [6, 6.07) is 0.235. The third-order valence-electron chi connectivity index (χ3n) is 2.47. The maximum Gasteiger partial charge on any atom is 0.327 e. The van der Waals surface area contributed by atoms with Crippen LogP contribution in [0.15, 0.2) is 11.5 Å². The minimum Gasteiger partial charge on any atom is -0.468 e. The third-order valence-corrected chi connectivity index (χ3v) is 3.43. The number of tetrazole rings is 1. The molecule has 0 aliphatic rings. The second-order valence-electron chi connectivity index (χ2n) is 4.20. The lowest BCUT2D eigenvalue weighted by Crippen LogP contribution is -2.14. The molecule has 0 saturated carbocycles. The summed E-state index contributed by atoms with van der Waals surface area (Å²) >= 11 is 1.39. The number of esters is 1. The van der Waals surface area contributed by atoms with Gasteiger partial charge in [-0.25, -0.2) is 14.3 Å². The second-order valence-corrected chi connectivity index (χ2v) is 5.14. The molecule has 0 bridgehead atoms. The number of methoxy groups -OCH3 is 1. The van der Waals surface area contributed by atoms with E-state index in [0.29, 0.717) is 10.9 Å². The van der Waals surface area contributed by atoms with Gasteiger partial charge in [0.05, 0.1) is 12.9 Å². The number of hydrogen-bond acceptors (Lipinski definition) is 8. The topological polar surface area (TPSA) is 101 Å². The van der Waals surface area contributed by atoms with Crippen LogP contribution < -0.4 is 0 Å². The molecule has 2 aromatic heterocycles. The van der Waals surface area contributed by atoms with Crippen LogP contribution >= 0.6 is 11.8 Å². The van der Waals surface area contributed by atoms with Gasteiger partial charge in [-0.2, -0.15) is 5.10 Å². The smallest absolute Gasteiger partial charge is 0.327 e. The highest BCUT2D eigenvalue weighted by Crippen LogP contribution is 2.19. The number of rotatable bonds is 6. The van der Waals surface area contributed by atoms with Crippen molar-refractivity contribution in [2.45, 2.75) is 37.3 Å². The van der Waals surface area contributed by atoms with E-state index in [4.69, 9.17) is 0 Å². The normalized spacial score (nSPS) is 11.0. The molecule has 10 heteroatoms. The fourth-order valence-corrected chi connectivity index (χ4v) is 2.33. The molecule has 0 N–H and O–H groups in total. The van der Waals surface area contributed by atoms with E-state index >= 15 is 0 Å². The molecule has 0 fully saturated rings. The van der Waals surface area contributed by atoms with E-state index < -0.39 is 5.97 Å². The quantitative estimate of drug-likeness (QED) is 0.554. The average Bonchev–Trinajstić information content (AvgIpc) is 3.04. The SMILES string of the molecule is COC(=O)Cn1nnnc1SCc1ncnn1C(C)C. The zero-order valence-corrected chi connectivity index (χ0v) is 12.2. The Morgan fingerprint density at radius 1 is 1.50 bits per heavy atom. The van der Waals surface area contributed by atoms with Crippen molar-refractivity contribution in [3.05, 3.63) is 12.2 Å².